The summed E-state index contributed by atoms with van der Waals surface area (Å²) in [6.45, 7) is 4.54. The van der Waals surface area contributed by atoms with Crippen LogP contribution in [0.1, 0.15) is 23.2 Å². The van der Waals surface area contributed by atoms with Gasteiger partial charge < -0.3 is 10.4 Å². The highest BCUT2D eigenvalue weighted by Gasteiger charge is 2.01. The maximum Gasteiger partial charge on any atom is 0.0964 e. The summed E-state index contributed by atoms with van der Waals surface area (Å²) >= 11 is 0. The van der Waals surface area contributed by atoms with E-state index in [-0.39, 0.29) is 6.61 Å². The van der Waals surface area contributed by atoms with Crippen molar-refractivity contribution in [1.82, 2.24) is 20.3 Å². The highest BCUT2D eigenvalue weighted by atomic mass is 16.3. The smallest absolute Gasteiger partial charge is 0.0964 e. The van der Waals surface area contributed by atoms with E-state index >= 15 is 0 Å². The van der Waals surface area contributed by atoms with Crippen LogP contribution in [0.2, 0.25) is 0 Å². The van der Waals surface area contributed by atoms with E-state index in [1.807, 2.05) is 12.3 Å². The van der Waals surface area contributed by atoms with Crippen molar-refractivity contribution in [2.75, 3.05) is 6.61 Å². The zero-order valence-corrected chi connectivity index (χ0v) is 11.2. The highest BCUT2D eigenvalue weighted by Crippen LogP contribution is 2.06. The number of aliphatic hydroxyl groups is 1. The lowest BCUT2D eigenvalue weighted by Gasteiger charge is -2.05. The van der Waals surface area contributed by atoms with Gasteiger partial charge in [-0.05, 0) is 24.5 Å². The van der Waals surface area contributed by atoms with Crippen LogP contribution in [0.3, 0.4) is 0 Å². The topological polar surface area (TPSA) is 63.0 Å². The van der Waals surface area contributed by atoms with Gasteiger partial charge in [-0.2, -0.15) is 0 Å². The molecule has 0 amide bonds. The first-order valence-corrected chi connectivity index (χ1v) is 6.54. The van der Waals surface area contributed by atoms with Crippen molar-refractivity contribution in [2.24, 2.45) is 0 Å². The van der Waals surface area contributed by atoms with Crippen LogP contribution in [0.4, 0.5) is 0 Å². The Morgan fingerprint density at radius 1 is 1.26 bits per heavy atom. The molecule has 2 rings (SSSR count). The Kier molecular flexibility index (Phi) is 5.06. The van der Waals surface area contributed by atoms with E-state index in [4.69, 9.17) is 5.11 Å². The Hall–Kier alpha value is -1.72. The van der Waals surface area contributed by atoms with Gasteiger partial charge in [0.25, 0.3) is 0 Å². The summed E-state index contributed by atoms with van der Waals surface area (Å²) in [5.41, 5.74) is 3.52. The van der Waals surface area contributed by atoms with Gasteiger partial charge in [0, 0.05) is 32.4 Å². The largest absolute Gasteiger partial charge is 0.396 e. The summed E-state index contributed by atoms with van der Waals surface area (Å²) in [5.74, 6) is 0. The fourth-order valence-electron chi connectivity index (χ4n) is 1.90. The normalized spacial score (nSPS) is 10.8. The van der Waals surface area contributed by atoms with E-state index in [1.165, 1.54) is 11.1 Å². The molecule has 0 unspecified atom stereocenters. The SMILES string of the molecule is Cc1ccccc1CNCc1cn(CCCO)nn1. The number of nitrogens with one attached hydrogen (secondary N) is 1. The lowest BCUT2D eigenvalue weighted by molar-refractivity contribution is 0.276. The van der Waals surface area contributed by atoms with Crippen molar-refractivity contribution < 1.29 is 5.11 Å². The molecule has 0 radical (unpaired) electrons. The first-order valence-electron chi connectivity index (χ1n) is 6.54. The van der Waals surface area contributed by atoms with Crippen molar-refractivity contribution in [1.29, 1.82) is 0 Å². The van der Waals surface area contributed by atoms with Crippen LogP contribution in [0, 0.1) is 6.92 Å². The first-order chi connectivity index (χ1) is 9.29. The zero-order chi connectivity index (χ0) is 13.5. The van der Waals surface area contributed by atoms with Gasteiger partial charge in [0.15, 0.2) is 0 Å². The Balaban J connectivity index is 1.79. The number of aromatic nitrogens is 3. The molecule has 1 aromatic heterocycles. The van der Waals surface area contributed by atoms with E-state index < -0.39 is 0 Å². The number of aliphatic hydroxyl groups excluding tert-OH is 1. The molecule has 0 fully saturated rings. The van der Waals surface area contributed by atoms with Crippen LogP contribution in [0.15, 0.2) is 30.5 Å². The van der Waals surface area contributed by atoms with E-state index in [1.54, 1.807) is 4.68 Å². The summed E-state index contributed by atoms with van der Waals surface area (Å²) in [4.78, 5) is 0. The van der Waals surface area contributed by atoms with Gasteiger partial charge in [0.1, 0.15) is 0 Å². The van der Waals surface area contributed by atoms with Gasteiger partial charge in [-0.3, -0.25) is 4.68 Å². The molecule has 0 aliphatic carbocycles. The number of aryl methyl sites for hydroxylation is 2. The average Bonchev–Trinajstić information content (AvgIpc) is 2.86. The summed E-state index contributed by atoms with van der Waals surface area (Å²) in [6.07, 6.45) is 2.62. The molecule has 0 atom stereocenters. The third-order valence-electron chi connectivity index (χ3n) is 3.01. The van der Waals surface area contributed by atoms with Crippen molar-refractivity contribution >= 4 is 0 Å². The van der Waals surface area contributed by atoms with E-state index in [0.29, 0.717) is 19.5 Å². The Morgan fingerprint density at radius 3 is 2.89 bits per heavy atom. The summed E-state index contributed by atoms with van der Waals surface area (Å²) < 4.78 is 1.76. The van der Waals surface area contributed by atoms with Gasteiger partial charge in [-0.25, -0.2) is 0 Å². The molecule has 0 aliphatic heterocycles. The molecular formula is C14H20N4O. The molecule has 102 valence electrons. The predicted octanol–water partition coefficient (Wildman–Crippen LogP) is 1.26. The van der Waals surface area contributed by atoms with Crippen molar-refractivity contribution in [3.8, 4) is 0 Å². The number of hydrogen-bond acceptors (Lipinski definition) is 4. The third-order valence-corrected chi connectivity index (χ3v) is 3.01. The maximum absolute atomic E-state index is 8.75. The standard InChI is InChI=1S/C14H20N4O/c1-12-5-2-3-6-13(12)9-15-10-14-11-18(17-16-14)7-4-8-19/h2-3,5-6,11,15,19H,4,7-10H2,1H3. The molecule has 0 bridgehead atoms. The van der Waals surface area contributed by atoms with Crippen LogP contribution in [0.5, 0.6) is 0 Å². The molecule has 0 aliphatic rings. The van der Waals surface area contributed by atoms with Crippen molar-refractivity contribution in [3.63, 3.8) is 0 Å². The monoisotopic (exact) mass is 260 g/mol. The summed E-state index contributed by atoms with van der Waals surface area (Å²) in [7, 11) is 0. The van der Waals surface area contributed by atoms with Gasteiger partial charge in [0.2, 0.25) is 0 Å². The Bertz CT molecular complexity index is 510. The minimum atomic E-state index is 0.181. The average molecular weight is 260 g/mol. The molecule has 1 aromatic carbocycles. The van der Waals surface area contributed by atoms with Crippen LogP contribution in [0.25, 0.3) is 0 Å². The zero-order valence-electron chi connectivity index (χ0n) is 11.2. The molecule has 19 heavy (non-hydrogen) atoms. The molecule has 5 heteroatoms. The molecule has 2 aromatic rings. The second kappa shape index (κ2) is 7.01. The summed E-state index contributed by atoms with van der Waals surface area (Å²) in [6, 6.07) is 8.34. The first kappa shape index (κ1) is 13.7. The molecule has 0 saturated heterocycles. The fourth-order valence-corrected chi connectivity index (χ4v) is 1.90. The number of nitrogens with zero attached hydrogens (tertiary/aromatic N) is 3. The second-order valence-electron chi connectivity index (χ2n) is 4.58. The second-order valence-corrected chi connectivity index (χ2v) is 4.58. The van der Waals surface area contributed by atoms with Crippen molar-refractivity contribution in [3.05, 3.63) is 47.3 Å². The van der Waals surface area contributed by atoms with Gasteiger partial charge in [-0.1, -0.05) is 29.5 Å². The molecule has 5 nitrogen and oxygen atoms in total. The minimum absolute atomic E-state index is 0.181. The number of benzene rings is 1. The van der Waals surface area contributed by atoms with Crippen LogP contribution in [-0.4, -0.2) is 26.7 Å². The predicted molar refractivity (Wildman–Crippen MR) is 73.4 cm³/mol. The molecule has 0 spiro atoms. The van der Waals surface area contributed by atoms with Gasteiger partial charge >= 0.3 is 0 Å². The minimum Gasteiger partial charge on any atom is -0.396 e. The molecular weight excluding hydrogens is 240 g/mol. The Labute approximate surface area is 113 Å². The highest BCUT2D eigenvalue weighted by molar-refractivity contribution is 5.25. The van der Waals surface area contributed by atoms with E-state index in [0.717, 1.165) is 12.2 Å². The van der Waals surface area contributed by atoms with Gasteiger partial charge in [0.05, 0.1) is 5.69 Å². The number of hydrogen-bond donors (Lipinski definition) is 2. The molecule has 2 N–H and O–H groups in total. The van der Waals surface area contributed by atoms with E-state index in [2.05, 4.69) is 40.8 Å². The third kappa shape index (κ3) is 4.15. The fraction of sp³-hybridized carbons (Fsp3) is 0.429. The van der Waals surface area contributed by atoms with Crippen LogP contribution < -0.4 is 5.32 Å². The lowest BCUT2D eigenvalue weighted by Crippen LogP contribution is -2.13. The quantitative estimate of drug-likeness (QED) is 0.786. The lowest BCUT2D eigenvalue weighted by atomic mass is 10.1. The van der Waals surface area contributed by atoms with Crippen LogP contribution in [-0.2, 0) is 19.6 Å². The Morgan fingerprint density at radius 2 is 2.11 bits per heavy atom. The van der Waals surface area contributed by atoms with E-state index in [9.17, 15) is 0 Å². The summed E-state index contributed by atoms with van der Waals surface area (Å²) in [5, 5.41) is 20.2. The van der Waals surface area contributed by atoms with Gasteiger partial charge in [-0.15, -0.1) is 5.10 Å². The molecule has 1 heterocycles. The van der Waals surface area contributed by atoms with Crippen LogP contribution >= 0.6 is 0 Å². The number of rotatable bonds is 7. The molecule has 0 saturated carbocycles. The maximum atomic E-state index is 8.75. The van der Waals surface area contributed by atoms with Crippen molar-refractivity contribution in [2.45, 2.75) is 33.0 Å².